The van der Waals surface area contributed by atoms with Crippen LogP contribution in [0.3, 0.4) is 0 Å². The van der Waals surface area contributed by atoms with E-state index in [9.17, 15) is 14.9 Å². The maximum Gasteiger partial charge on any atom is 0.311 e. The van der Waals surface area contributed by atoms with Crippen LogP contribution in [0, 0.1) is 16.0 Å². The van der Waals surface area contributed by atoms with Crippen molar-refractivity contribution in [2.75, 3.05) is 13.1 Å². The third kappa shape index (κ3) is 4.96. The van der Waals surface area contributed by atoms with E-state index in [0.29, 0.717) is 25.3 Å². The number of esters is 1. The number of rotatable bonds is 7. The first kappa shape index (κ1) is 21.1. The van der Waals surface area contributed by atoms with Gasteiger partial charge in [0.2, 0.25) is 5.75 Å². The predicted molar refractivity (Wildman–Crippen MR) is 113 cm³/mol. The van der Waals surface area contributed by atoms with Gasteiger partial charge in [0, 0.05) is 43.1 Å². The molecule has 31 heavy (non-hydrogen) atoms. The Morgan fingerprint density at radius 3 is 2.77 bits per heavy atom. The van der Waals surface area contributed by atoms with Crippen LogP contribution in [0.25, 0.3) is 0 Å². The molecule has 0 spiro atoms. The average Bonchev–Trinajstić information content (AvgIpc) is 3.28. The summed E-state index contributed by atoms with van der Waals surface area (Å²) in [6.45, 7) is 5.17. The second kappa shape index (κ2) is 8.55. The molecule has 1 unspecified atom stereocenters. The smallest absolute Gasteiger partial charge is 0.311 e. The van der Waals surface area contributed by atoms with Crippen LogP contribution in [-0.2, 0) is 22.6 Å². The number of nitrogens with zero attached hydrogens (tertiary/aromatic N) is 1. The summed E-state index contributed by atoms with van der Waals surface area (Å²) in [5.41, 5.74) is 1.23. The minimum atomic E-state index is -0.438. The van der Waals surface area contributed by atoms with Gasteiger partial charge >= 0.3 is 11.7 Å². The summed E-state index contributed by atoms with van der Waals surface area (Å²) in [5, 5.41) is 14.8. The Morgan fingerprint density at radius 2 is 2.03 bits per heavy atom. The molecule has 2 aromatic carbocycles. The molecule has 0 amide bonds. The number of fused-ring (bicyclic) bond motifs is 1. The maximum absolute atomic E-state index is 12.3. The molecule has 1 fully saturated rings. The van der Waals surface area contributed by atoms with Gasteiger partial charge in [-0.2, -0.15) is 0 Å². The molecule has 0 aliphatic carbocycles. The molecule has 4 rings (SSSR count). The number of nitrogens with one attached hydrogen (secondary N) is 1. The highest BCUT2D eigenvalue weighted by molar-refractivity contribution is 5.70. The second-order valence-electron chi connectivity index (χ2n) is 8.65. The SMILES string of the molecule is CC1(C)Cc2cc([N+](=O)[O-])c(OC3CNC[C@@H]3CC(=O)OCc3ccccc3)cc2O1. The van der Waals surface area contributed by atoms with E-state index in [1.54, 1.807) is 6.07 Å². The standard InChI is InChI=1S/C23H26N2O6/c1-23(2)11-16-8-18(25(27)28)20(10-19(16)31-23)30-21-13-24-12-17(21)9-22(26)29-14-15-6-4-3-5-7-15/h3-8,10,17,21,24H,9,11-14H2,1-2H3/t17-,21?/m0/s1. The Kier molecular flexibility index (Phi) is 5.82. The van der Waals surface area contributed by atoms with E-state index >= 15 is 0 Å². The normalized spacial score (nSPS) is 21.2. The molecule has 8 nitrogen and oxygen atoms in total. The molecule has 2 aliphatic rings. The summed E-state index contributed by atoms with van der Waals surface area (Å²) < 4.78 is 17.3. The van der Waals surface area contributed by atoms with Gasteiger partial charge in [-0.25, -0.2) is 0 Å². The van der Waals surface area contributed by atoms with E-state index in [-0.39, 0.29) is 42.5 Å². The molecular formula is C23H26N2O6. The van der Waals surface area contributed by atoms with Crippen LogP contribution in [0.1, 0.15) is 31.4 Å². The second-order valence-corrected chi connectivity index (χ2v) is 8.65. The molecule has 0 bridgehead atoms. The lowest BCUT2D eigenvalue weighted by atomic mass is 10.0. The molecule has 1 N–H and O–H groups in total. The van der Waals surface area contributed by atoms with Crippen molar-refractivity contribution in [2.24, 2.45) is 5.92 Å². The van der Waals surface area contributed by atoms with Gasteiger partial charge in [0.05, 0.1) is 11.3 Å². The number of ether oxygens (including phenoxy) is 3. The number of hydrogen-bond acceptors (Lipinski definition) is 7. The number of carbonyl (C=O) groups excluding carboxylic acids is 1. The topological polar surface area (TPSA) is 99.9 Å². The Labute approximate surface area is 180 Å². The van der Waals surface area contributed by atoms with Crippen molar-refractivity contribution in [3.63, 3.8) is 0 Å². The first-order valence-corrected chi connectivity index (χ1v) is 10.4. The van der Waals surface area contributed by atoms with Gasteiger partial charge in [-0.15, -0.1) is 0 Å². The van der Waals surface area contributed by atoms with Gasteiger partial charge in [-0.1, -0.05) is 30.3 Å². The minimum absolute atomic E-state index is 0.0858. The van der Waals surface area contributed by atoms with Crippen LogP contribution < -0.4 is 14.8 Å². The van der Waals surface area contributed by atoms with Gasteiger partial charge < -0.3 is 19.5 Å². The number of nitro benzene ring substituents is 1. The fourth-order valence-corrected chi connectivity index (χ4v) is 4.08. The van der Waals surface area contributed by atoms with E-state index in [4.69, 9.17) is 14.2 Å². The van der Waals surface area contributed by atoms with Crippen LogP contribution in [-0.4, -0.2) is 35.7 Å². The van der Waals surface area contributed by atoms with Crippen molar-refractivity contribution in [3.05, 3.63) is 63.7 Å². The van der Waals surface area contributed by atoms with Gasteiger partial charge in [-0.05, 0) is 19.4 Å². The van der Waals surface area contributed by atoms with Crippen molar-refractivity contribution in [3.8, 4) is 11.5 Å². The lowest BCUT2D eigenvalue weighted by molar-refractivity contribution is -0.386. The highest BCUT2D eigenvalue weighted by atomic mass is 16.6. The zero-order valence-corrected chi connectivity index (χ0v) is 17.6. The largest absolute Gasteiger partial charge is 0.487 e. The molecule has 0 aromatic heterocycles. The molecule has 0 saturated carbocycles. The van der Waals surface area contributed by atoms with Crippen LogP contribution in [0.2, 0.25) is 0 Å². The lowest BCUT2D eigenvalue weighted by Gasteiger charge is -2.20. The molecule has 0 radical (unpaired) electrons. The highest BCUT2D eigenvalue weighted by Crippen LogP contribution is 2.42. The number of nitro groups is 1. The molecule has 2 aliphatic heterocycles. The molecule has 1 saturated heterocycles. The Balaban J connectivity index is 1.43. The van der Waals surface area contributed by atoms with Crippen molar-refractivity contribution in [2.45, 2.75) is 45.0 Å². The maximum atomic E-state index is 12.3. The predicted octanol–water partition coefficient (Wildman–Crippen LogP) is 3.41. The van der Waals surface area contributed by atoms with Gasteiger partial charge in [-0.3, -0.25) is 14.9 Å². The van der Waals surface area contributed by atoms with E-state index in [0.717, 1.165) is 11.1 Å². The molecule has 2 heterocycles. The summed E-state index contributed by atoms with van der Waals surface area (Å²) >= 11 is 0. The Bertz CT molecular complexity index is 976. The lowest BCUT2D eigenvalue weighted by Crippen LogP contribution is -2.28. The first-order chi connectivity index (χ1) is 14.8. The van der Waals surface area contributed by atoms with Gasteiger partial charge in [0.1, 0.15) is 24.1 Å². The van der Waals surface area contributed by atoms with Crippen molar-refractivity contribution >= 4 is 11.7 Å². The van der Waals surface area contributed by atoms with Crippen LogP contribution in [0.5, 0.6) is 11.5 Å². The average molecular weight is 426 g/mol. The fourth-order valence-electron chi connectivity index (χ4n) is 4.08. The summed E-state index contributed by atoms with van der Waals surface area (Å²) in [7, 11) is 0. The third-order valence-corrected chi connectivity index (χ3v) is 5.57. The van der Waals surface area contributed by atoms with E-state index in [1.165, 1.54) is 6.07 Å². The molecule has 164 valence electrons. The number of benzene rings is 2. The summed E-state index contributed by atoms with van der Waals surface area (Å²) in [6, 6.07) is 12.6. The number of carbonyl (C=O) groups is 1. The first-order valence-electron chi connectivity index (χ1n) is 10.4. The van der Waals surface area contributed by atoms with Crippen molar-refractivity contribution in [1.82, 2.24) is 5.32 Å². The number of hydrogen-bond donors (Lipinski definition) is 1. The molecule has 8 heteroatoms. The van der Waals surface area contributed by atoms with E-state index in [1.807, 2.05) is 44.2 Å². The summed E-state index contributed by atoms with van der Waals surface area (Å²) in [4.78, 5) is 23.5. The fraction of sp³-hybridized carbons (Fsp3) is 0.435. The van der Waals surface area contributed by atoms with Crippen LogP contribution >= 0.6 is 0 Å². The Morgan fingerprint density at radius 1 is 1.26 bits per heavy atom. The van der Waals surface area contributed by atoms with Crippen LogP contribution in [0.4, 0.5) is 5.69 Å². The molecule has 2 atom stereocenters. The van der Waals surface area contributed by atoms with Gasteiger partial charge in [0.25, 0.3) is 0 Å². The van der Waals surface area contributed by atoms with Crippen LogP contribution in [0.15, 0.2) is 42.5 Å². The molecule has 2 aromatic rings. The molecular weight excluding hydrogens is 400 g/mol. The van der Waals surface area contributed by atoms with E-state index < -0.39 is 10.5 Å². The zero-order chi connectivity index (χ0) is 22.0. The monoisotopic (exact) mass is 426 g/mol. The third-order valence-electron chi connectivity index (χ3n) is 5.57. The van der Waals surface area contributed by atoms with Gasteiger partial charge in [0.15, 0.2) is 0 Å². The van der Waals surface area contributed by atoms with Crippen molar-refractivity contribution < 1.29 is 23.9 Å². The quantitative estimate of drug-likeness (QED) is 0.411. The summed E-state index contributed by atoms with van der Waals surface area (Å²) in [5.74, 6) is 0.307. The summed E-state index contributed by atoms with van der Waals surface area (Å²) in [6.07, 6.45) is 0.396. The van der Waals surface area contributed by atoms with E-state index in [2.05, 4.69) is 5.32 Å². The highest BCUT2D eigenvalue weighted by Gasteiger charge is 2.36. The Hall–Kier alpha value is -3.13. The van der Waals surface area contributed by atoms with Crippen molar-refractivity contribution in [1.29, 1.82) is 0 Å². The zero-order valence-electron chi connectivity index (χ0n) is 17.6. The minimum Gasteiger partial charge on any atom is -0.487 e.